The van der Waals surface area contributed by atoms with Crippen LogP contribution in [0.1, 0.15) is 6.42 Å². The summed E-state index contributed by atoms with van der Waals surface area (Å²) in [5.74, 6) is -1.88. The second-order valence-electron chi connectivity index (χ2n) is 4.91. The fraction of sp³-hybridized carbons (Fsp3) is 0.538. The number of nitro groups is 1. The van der Waals surface area contributed by atoms with Gasteiger partial charge in [0.15, 0.2) is 11.6 Å². The average molecular weight is 300 g/mol. The minimum absolute atomic E-state index is 0.305. The van der Waals surface area contributed by atoms with Crippen LogP contribution in [0.15, 0.2) is 12.1 Å². The molecule has 0 amide bonds. The molecular weight excluding hydrogens is 282 g/mol. The van der Waals surface area contributed by atoms with Crippen LogP contribution in [0.25, 0.3) is 0 Å². The molecule has 0 aromatic heterocycles. The zero-order valence-corrected chi connectivity index (χ0v) is 11.6. The molecule has 8 heteroatoms. The van der Waals surface area contributed by atoms with Gasteiger partial charge in [0.2, 0.25) is 0 Å². The highest BCUT2D eigenvalue weighted by molar-refractivity contribution is 5.51. The molecule has 1 aromatic rings. The molecule has 21 heavy (non-hydrogen) atoms. The van der Waals surface area contributed by atoms with Gasteiger partial charge in [0.25, 0.3) is 5.69 Å². The number of hydrogen-bond acceptors (Lipinski definition) is 5. The lowest BCUT2D eigenvalue weighted by Gasteiger charge is -2.27. The normalized spacial score (nSPS) is 15.9. The average Bonchev–Trinajstić information content (AvgIpc) is 2.46. The van der Waals surface area contributed by atoms with Gasteiger partial charge in [-0.2, -0.15) is 0 Å². The molecule has 1 aliphatic heterocycles. The second-order valence-corrected chi connectivity index (χ2v) is 4.91. The van der Waals surface area contributed by atoms with Crippen LogP contribution < -0.4 is 10.6 Å². The van der Waals surface area contributed by atoms with Crippen LogP contribution in [0.2, 0.25) is 0 Å². The molecule has 1 fully saturated rings. The lowest BCUT2D eigenvalue weighted by atomic mass is 10.2. The fourth-order valence-corrected chi connectivity index (χ4v) is 2.28. The molecule has 0 bridgehead atoms. The number of nitrogens with zero attached hydrogens (tertiary/aromatic N) is 2. The first-order chi connectivity index (χ1) is 10.1. The maximum Gasteiger partial charge on any atom is 0.275 e. The number of nitrogens with one attached hydrogen (secondary N) is 2. The Balaban J connectivity index is 1.84. The third-order valence-electron chi connectivity index (χ3n) is 3.40. The van der Waals surface area contributed by atoms with Crippen molar-refractivity contribution in [1.29, 1.82) is 0 Å². The molecule has 6 nitrogen and oxygen atoms in total. The van der Waals surface area contributed by atoms with Crippen LogP contribution in [-0.4, -0.2) is 49.1 Å². The summed E-state index contributed by atoms with van der Waals surface area (Å²) in [6.07, 6.45) is 0.746. The van der Waals surface area contributed by atoms with E-state index in [4.69, 9.17) is 0 Å². The summed E-state index contributed by atoms with van der Waals surface area (Å²) in [6, 6.07) is 1.45. The van der Waals surface area contributed by atoms with E-state index in [1.54, 1.807) is 0 Å². The van der Waals surface area contributed by atoms with E-state index in [2.05, 4.69) is 15.5 Å². The summed E-state index contributed by atoms with van der Waals surface area (Å²) in [5.41, 5.74) is -0.891. The van der Waals surface area contributed by atoms with Crippen LogP contribution in [-0.2, 0) is 0 Å². The minimum Gasteiger partial charge on any atom is -0.380 e. The maximum atomic E-state index is 13.6. The first-order valence-corrected chi connectivity index (χ1v) is 6.88. The van der Waals surface area contributed by atoms with Gasteiger partial charge in [-0.05, 0) is 13.0 Å². The number of non-ortho nitro benzene ring substituents is 1. The number of nitro benzene ring substituents is 1. The number of hydrogen-bond donors (Lipinski definition) is 2. The van der Waals surface area contributed by atoms with Crippen molar-refractivity contribution in [2.24, 2.45) is 0 Å². The topological polar surface area (TPSA) is 70.4 Å². The van der Waals surface area contributed by atoms with Crippen molar-refractivity contribution in [1.82, 2.24) is 10.2 Å². The molecule has 1 heterocycles. The third-order valence-corrected chi connectivity index (χ3v) is 3.40. The Hall–Kier alpha value is -1.80. The summed E-state index contributed by atoms with van der Waals surface area (Å²) < 4.78 is 27.3. The van der Waals surface area contributed by atoms with Crippen LogP contribution >= 0.6 is 0 Å². The Kier molecular flexibility index (Phi) is 5.40. The molecule has 116 valence electrons. The number of anilines is 1. The fourth-order valence-electron chi connectivity index (χ4n) is 2.28. The molecule has 0 saturated carbocycles. The molecule has 1 aromatic carbocycles. The largest absolute Gasteiger partial charge is 0.380 e. The first-order valence-electron chi connectivity index (χ1n) is 6.88. The van der Waals surface area contributed by atoms with Gasteiger partial charge >= 0.3 is 0 Å². The van der Waals surface area contributed by atoms with E-state index in [0.717, 1.165) is 51.3 Å². The van der Waals surface area contributed by atoms with Gasteiger partial charge in [-0.1, -0.05) is 0 Å². The van der Waals surface area contributed by atoms with Crippen LogP contribution in [0.4, 0.5) is 20.2 Å². The molecule has 0 spiro atoms. The summed E-state index contributed by atoms with van der Waals surface area (Å²) >= 11 is 0. The molecule has 0 unspecified atom stereocenters. The van der Waals surface area contributed by atoms with E-state index >= 15 is 0 Å². The number of rotatable bonds is 6. The molecule has 1 aliphatic rings. The standard InChI is InChI=1S/C13H18F2N4O2/c14-11-8-10(19(20)21)9-12(15)13(11)17-2-1-5-18-6-3-16-4-7-18/h8-9,16-17H,1-7H2. The number of halogens is 2. The highest BCUT2D eigenvalue weighted by Crippen LogP contribution is 2.24. The van der Waals surface area contributed by atoms with Gasteiger partial charge in [-0.3, -0.25) is 10.1 Å². The Morgan fingerprint density at radius 2 is 1.90 bits per heavy atom. The zero-order valence-electron chi connectivity index (χ0n) is 11.6. The molecule has 0 aliphatic carbocycles. The smallest absolute Gasteiger partial charge is 0.275 e. The summed E-state index contributed by atoms with van der Waals surface area (Å²) in [4.78, 5) is 12.0. The third kappa shape index (κ3) is 4.33. The zero-order chi connectivity index (χ0) is 15.2. The van der Waals surface area contributed by atoms with Gasteiger partial charge < -0.3 is 15.5 Å². The van der Waals surface area contributed by atoms with Crippen molar-refractivity contribution in [3.63, 3.8) is 0 Å². The van der Waals surface area contributed by atoms with Crippen molar-refractivity contribution in [2.45, 2.75) is 6.42 Å². The summed E-state index contributed by atoms with van der Waals surface area (Å²) in [7, 11) is 0. The Labute approximate surface area is 121 Å². The van der Waals surface area contributed by atoms with E-state index in [9.17, 15) is 18.9 Å². The van der Waals surface area contributed by atoms with Crippen molar-refractivity contribution in [2.75, 3.05) is 44.6 Å². The lowest BCUT2D eigenvalue weighted by Crippen LogP contribution is -2.44. The highest BCUT2D eigenvalue weighted by Gasteiger charge is 2.16. The highest BCUT2D eigenvalue weighted by atomic mass is 19.1. The van der Waals surface area contributed by atoms with Gasteiger partial charge in [0.05, 0.1) is 17.1 Å². The second kappa shape index (κ2) is 7.28. The maximum absolute atomic E-state index is 13.6. The van der Waals surface area contributed by atoms with Crippen LogP contribution in [0, 0.1) is 21.7 Å². The van der Waals surface area contributed by atoms with E-state index in [0.29, 0.717) is 6.54 Å². The molecule has 0 atom stereocenters. The molecule has 1 saturated heterocycles. The molecular formula is C13H18F2N4O2. The molecule has 0 radical (unpaired) electrons. The number of benzene rings is 1. The van der Waals surface area contributed by atoms with Crippen LogP contribution in [0.3, 0.4) is 0 Å². The molecule has 2 rings (SSSR count). The van der Waals surface area contributed by atoms with E-state index in [-0.39, 0.29) is 5.69 Å². The Morgan fingerprint density at radius 1 is 1.29 bits per heavy atom. The van der Waals surface area contributed by atoms with Crippen molar-refractivity contribution < 1.29 is 13.7 Å². The van der Waals surface area contributed by atoms with E-state index < -0.39 is 22.2 Å². The van der Waals surface area contributed by atoms with Crippen molar-refractivity contribution >= 4 is 11.4 Å². The summed E-state index contributed by atoms with van der Waals surface area (Å²) in [5, 5.41) is 16.4. The number of piperazine rings is 1. The minimum atomic E-state index is -0.941. The van der Waals surface area contributed by atoms with E-state index in [1.807, 2.05) is 0 Å². The monoisotopic (exact) mass is 300 g/mol. The summed E-state index contributed by atoms with van der Waals surface area (Å²) in [6.45, 7) is 5.12. The molecule has 2 N–H and O–H groups in total. The van der Waals surface area contributed by atoms with Gasteiger partial charge in [-0.15, -0.1) is 0 Å². The predicted octanol–water partition coefficient (Wildman–Crippen LogP) is 1.58. The predicted molar refractivity (Wildman–Crippen MR) is 75.4 cm³/mol. The first kappa shape index (κ1) is 15.6. The Bertz CT molecular complexity index is 484. The van der Waals surface area contributed by atoms with Crippen LogP contribution in [0.5, 0.6) is 0 Å². The van der Waals surface area contributed by atoms with Crippen molar-refractivity contribution in [3.05, 3.63) is 33.9 Å². The van der Waals surface area contributed by atoms with E-state index in [1.165, 1.54) is 0 Å². The van der Waals surface area contributed by atoms with Gasteiger partial charge in [-0.25, -0.2) is 8.78 Å². The lowest BCUT2D eigenvalue weighted by molar-refractivity contribution is -0.385. The van der Waals surface area contributed by atoms with Gasteiger partial charge in [0, 0.05) is 32.7 Å². The Morgan fingerprint density at radius 3 is 2.48 bits per heavy atom. The van der Waals surface area contributed by atoms with Crippen molar-refractivity contribution in [3.8, 4) is 0 Å². The SMILES string of the molecule is O=[N+]([O-])c1cc(F)c(NCCCN2CCNCC2)c(F)c1. The van der Waals surface area contributed by atoms with Gasteiger partial charge in [0.1, 0.15) is 5.69 Å². The quantitative estimate of drug-likeness (QED) is 0.474.